The van der Waals surface area contributed by atoms with E-state index in [1.165, 1.54) is 12.1 Å². The highest BCUT2D eigenvalue weighted by atomic mass is 16.3. The number of rotatable bonds is 1. The first-order chi connectivity index (χ1) is 12.0. The highest BCUT2D eigenvalue weighted by Gasteiger charge is 2.54. The van der Waals surface area contributed by atoms with Gasteiger partial charge in [0.05, 0.1) is 23.4 Å². The third kappa shape index (κ3) is 2.34. The molecule has 0 radical (unpaired) electrons. The fourth-order valence-corrected chi connectivity index (χ4v) is 3.88. The first kappa shape index (κ1) is 16.6. The highest BCUT2D eigenvalue weighted by molar-refractivity contribution is 5.59. The van der Waals surface area contributed by atoms with Gasteiger partial charge in [-0.05, 0) is 30.3 Å². The Morgan fingerprint density at radius 1 is 1.20 bits per heavy atom. The fraction of sp³-hybridized carbons (Fsp3) is 0.316. The molecule has 0 amide bonds. The molecule has 124 valence electrons. The summed E-state index contributed by atoms with van der Waals surface area (Å²) in [6.45, 7) is 1.29. The molecule has 6 nitrogen and oxygen atoms in total. The summed E-state index contributed by atoms with van der Waals surface area (Å²) in [5.41, 5.74) is 6.39. The van der Waals surface area contributed by atoms with Crippen LogP contribution in [-0.2, 0) is 0 Å². The summed E-state index contributed by atoms with van der Waals surface area (Å²) >= 11 is 0. The van der Waals surface area contributed by atoms with E-state index in [1.54, 1.807) is 12.1 Å². The van der Waals surface area contributed by atoms with Crippen LogP contribution >= 0.6 is 0 Å². The third-order valence-corrected chi connectivity index (χ3v) is 5.10. The van der Waals surface area contributed by atoms with Crippen molar-refractivity contribution in [3.05, 3.63) is 52.7 Å². The zero-order valence-electron chi connectivity index (χ0n) is 13.8. The number of hydrogen-bond donors (Lipinski definition) is 2. The zero-order chi connectivity index (χ0) is 18.2. The van der Waals surface area contributed by atoms with Crippen molar-refractivity contribution in [2.45, 2.75) is 5.92 Å². The number of phenolic OH excluding ortho intramolecular Hbond substituents is 1. The molecule has 0 fully saturated rings. The molecule has 25 heavy (non-hydrogen) atoms. The molecule has 3 rings (SSSR count). The second-order valence-electron chi connectivity index (χ2n) is 6.49. The Kier molecular flexibility index (Phi) is 3.97. The molecule has 6 heteroatoms. The first-order valence-corrected chi connectivity index (χ1v) is 7.89. The van der Waals surface area contributed by atoms with E-state index in [2.05, 4.69) is 23.1 Å². The zero-order valence-corrected chi connectivity index (χ0v) is 13.8. The van der Waals surface area contributed by atoms with Crippen molar-refractivity contribution < 1.29 is 5.11 Å². The maximum Gasteiger partial charge on any atom is 0.191 e. The van der Waals surface area contributed by atoms with Gasteiger partial charge in [0.15, 0.2) is 5.41 Å². The molecule has 1 heterocycles. The lowest BCUT2D eigenvalue weighted by Crippen LogP contribution is -2.47. The number of likely N-dealkylation sites (N-methyl/N-ethyl adjacent to an activating group) is 1. The minimum atomic E-state index is -1.62. The minimum Gasteiger partial charge on any atom is -0.508 e. The second kappa shape index (κ2) is 5.98. The van der Waals surface area contributed by atoms with E-state index in [9.17, 15) is 20.9 Å². The fourth-order valence-electron chi connectivity index (χ4n) is 3.88. The van der Waals surface area contributed by atoms with Gasteiger partial charge in [0.25, 0.3) is 0 Å². The molecule has 1 aromatic carbocycles. The molecule has 0 saturated carbocycles. The van der Waals surface area contributed by atoms with Gasteiger partial charge in [0.2, 0.25) is 0 Å². The van der Waals surface area contributed by atoms with E-state index in [-0.39, 0.29) is 22.9 Å². The van der Waals surface area contributed by atoms with Crippen molar-refractivity contribution in [3.8, 4) is 24.0 Å². The van der Waals surface area contributed by atoms with Crippen LogP contribution in [0.15, 0.2) is 47.2 Å². The third-order valence-electron chi connectivity index (χ3n) is 5.10. The van der Waals surface area contributed by atoms with E-state index in [0.29, 0.717) is 13.1 Å². The quantitative estimate of drug-likeness (QED) is 0.808. The summed E-state index contributed by atoms with van der Waals surface area (Å²) in [6.07, 6.45) is 1.95. The van der Waals surface area contributed by atoms with E-state index >= 15 is 0 Å². The van der Waals surface area contributed by atoms with Crippen molar-refractivity contribution in [1.29, 1.82) is 15.8 Å². The largest absolute Gasteiger partial charge is 0.508 e. The molecule has 2 aliphatic rings. The Morgan fingerprint density at radius 3 is 2.40 bits per heavy atom. The summed E-state index contributed by atoms with van der Waals surface area (Å²) < 4.78 is 0. The van der Waals surface area contributed by atoms with Gasteiger partial charge in [-0.25, -0.2) is 0 Å². The van der Waals surface area contributed by atoms with E-state index in [0.717, 1.165) is 11.1 Å². The van der Waals surface area contributed by atoms with Crippen LogP contribution in [0.5, 0.6) is 5.75 Å². The highest BCUT2D eigenvalue weighted by Crippen LogP contribution is 2.54. The topological polar surface area (TPSA) is 121 Å². The van der Waals surface area contributed by atoms with Crippen molar-refractivity contribution in [2.24, 2.45) is 17.1 Å². The number of aromatic hydroxyl groups is 1. The van der Waals surface area contributed by atoms with Crippen LogP contribution in [0, 0.1) is 45.3 Å². The lowest BCUT2D eigenvalue weighted by molar-refractivity contribution is 0.237. The van der Waals surface area contributed by atoms with Gasteiger partial charge in [0, 0.05) is 24.9 Å². The lowest BCUT2D eigenvalue weighted by atomic mass is 9.58. The number of nitriles is 3. The van der Waals surface area contributed by atoms with Crippen molar-refractivity contribution >= 4 is 0 Å². The predicted octanol–water partition coefficient (Wildman–Crippen LogP) is 1.75. The van der Waals surface area contributed by atoms with Crippen molar-refractivity contribution in [3.63, 3.8) is 0 Å². The molecule has 3 N–H and O–H groups in total. The van der Waals surface area contributed by atoms with Gasteiger partial charge in [-0.1, -0.05) is 18.2 Å². The Labute approximate surface area is 146 Å². The van der Waals surface area contributed by atoms with Gasteiger partial charge < -0.3 is 15.7 Å². The molecule has 0 aromatic heterocycles. The average molecular weight is 331 g/mol. The average Bonchev–Trinajstić information content (AvgIpc) is 2.62. The maximum atomic E-state index is 9.89. The van der Waals surface area contributed by atoms with Gasteiger partial charge in [-0.2, -0.15) is 15.8 Å². The molecular formula is C19H17N5O. The Morgan fingerprint density at radius 2 is 1.84 bits per heavy atom. The van der Waals surface area contributed by atoms with E-state index in [4.69, 9.17) is 5.73 Å². The molecule has 1 aromatic rings. The molecule has 0 bridgehead atoms. The number of phenols is 1. The maximum absolute atomic E-state index is 9.89. The van der Waals surface area contributed by atoms with Crippen LogP contribution in [0.25, 0.3) is 0 Å². The second-order valence-corrected chi connectivity index (χ2v) is 6.49. The van der Waals surface area contributed by atoms with Crippen LogP contribution in [-0.4, -0.2) is 30.1 Å². The van der Waals surface area contributed by atoms with Crippen LogP contribution in [0.3, 0.4) is 0 Å². The molecular weight excluding hydrogens is 314 g/mol. The Balaban J connectivity index is 2.32. The summed E-state index contributed by atoms with van der Waals surface area (Å²) in [5.74, 6) is -0.615. The van der Waals surface area contributed by atoms with Crippen molar-refractivity contribution in [1.82, 2.24) is 4.90 Å². The number of nitrogens with two attached hydrogens (primary N) is 1. The van der Waals surface area contributed by atoms with Gasteiger partial charge in [-0.3, -0.25) is 0 Å². The summed E-state index contributed by atoms with van der Waals surface area (Å²) in [6, 6.07) is 12.8. The molecule has 0 spiro atoms. The predicted molar refractivity (Wildman–Crippen MR) is 90.4 cm³/mol. The van der Waals surface area contributed by atoms with Crippen LogP contribution in [0.4, 0.5) is 0 Å². The number of nitrogens with zero attached hydrogens (tertiary/aromatic N) is 4. The monoisotopic (exact) mass is 331 g/mol. The molecule has 1 aliphatic heterocycles. The number of fused-ring (bicyclic) bond motifs is 1. The van der Waals surface area contributed by atoms with Gasteiger partial charge >= 0.3 is 0 Å². The van der Waals surface area contributed by atoms with Crippen LogP contribution in [0.1, 0.15) is 11.5 Å². The standard InChI is InChI=1S/C19H17N5O/c1-24-7-6-14-15(8-20)18(23)19(10-21,11-22)17(16(14)9-24)12-2-4-13(25)5-3-12/h2-6,16-17,25H,7,9,23H2,1H3/t16-,17-/m0/s1. The van der Waals surface area contributed by atoms with Gasteiger partial charge in [-0.15, -0.1) is 0 Å². The normalized spacial score (nSPS) is 25.1. The van der Waals surface area contributed by atoms with E-state index in [1.807, 2.05) is 13.1 Å². The molecule has 0 unspecified atom stereocenters. The molecule has 2 atom stereocenters. The lowest BCUT2D eigenvalue weighted by Gasteiger charge is -2.45. The number of allylic oxidation sites excluding steroid dienone is 2. The Bertz CT molecular complexity index is 878. The Hall–Kier alpha value is -3.27. The number of benzene rings is 1. The molecule has 1 aliphatic carbocycles. The van der Waals surface area contributed by atoms with Crippen molar-refractivity contribution in [2.75, 3.05) is 20.1 Å². The smallest absolute Gasteiger partial charge is 0.191 e. The van der Waals surface area contributed by atoms with Crippen LogP contribution in [0.2, 0.25) is 0 Å². The molecule has 0 saturated heterocycles. The van der Waals surface area contributed by atoms with E-state index < -0.39 is 11.3 Å². The van der Waals surface area contributed by atoms with Gasteiger partial charge in [0.1, 0.15) is 11.8 Å². The number of hydrogen-bond acceptors (Lipinski definition) is 6. The minimum absolute atomic E-state index is 0.0186. The van der Waals surface area contributed by atoms with Crippen LogP contribution < -0.4 is 5.73 Å². The summed E-state index contributed by atoms with van der Waals surface area (Å²) in [5, 5.41) is 38.9. The SMILES string of the molecule is CN1CC=C2C(C#N)=C(N)C(C#N)(C#N)[C@@H](c3ccc(O)cc3)[C@H]2C1. The summed E-state index contributed by atoms with van der Waals surface area (Å²) in [7, 11) is 1.95. The summed E-state index contributed by atoms with van der Waals surface area (Å²) in [4.78, 5) is 2.08. The first-order valence-electron chi connectivity index (χ1n) is 7.89.